The predicted molar refractivity (Wildman–Crippen MR) is 88.7 cm³/mol. The lowest BCUT2D eigenvalue weighted by molar-refractivity contribution is -0.402. The lowest BCUT2D eigenvalue weighted by atomic mass is 10.1. The van der Waals surface area contributed by atoms with Crippen LogP contribution in [0, 0.1) is 10.1 Å². The van der Waals surface area contributed by atoms with E-state index in [1.54, 1.807) is 25.1 Å². The molecule has 132 valence electrons. The Hall–Kier alpha value is -2.58. The van der Waals surface area contributed by atoms with Crippen LogP contribution in [0.25, 0.3) is 0 Å². The molecular formula is C15H12Cl2N2O6. The van der Waals surface area contributed by atoms with Gasteiger partial charge in [-0.25, -0.2) is 4.79 Å². The number of nitrogens with zero attached hydrogens (tertiary/aromatic N) is 1. The number of nitrogens with one attached hydrogen (secondary N) is 1. The van der Waals surface area contributed by atoms with Gasteiger partial charge >= 0.3 is 11.9 Å². The summed E-state index contributed by atoms with van der Waals surface area (Å²) in [5.74, 6) is -2.50. The Morgan fingerprint density at radius 1 is 1.28 bits per heavy atom. The van der Waals surface area contributed by atoms with Crippen molar-refractivity contribution in [3.63, 3.8) is 0 Å². The SMILES string of the molecule is C[C@@H](NC(=O)COC(=O)c1ccc([N+](=O)[O-])o1)c1ccc(Cl)c(Cl)c1. The normalized spacial score (nSPS) is 11.6. The highest BCUT2D eigenvalue weighted by atomic mass is 35.5. The van der Waals surface area contributed by atoms with Crippen LogP contribution in [0.2, 0.25) is 10.0 Å². The maximum Gasteiger partial charge on any atom is 0.433 e. The van der Waals surface area contributed by atoms with Crippen molar-refractivity contribution in [3.8, 4) is 0 Å². The monoisotopic (exact) mass is 386 g/mol. The summed E-state index contributed by atoms with van der Waals surface area (Å²) in [5, 5.41) is 13.8. The van der Waals surface area contributed by atoms with Crippen LogP contribution < -0.4 is 5.32 Å². The molecule has 25 heavy (non-hydrogen) atoms. The number of nitro groups is 1. The van der Waals surface area contributed by atoms with E-state index < -0.39 is 35.3 Å². The van der Waals surface area contributed by atoms with E-state index in [-0.39, 0.29) is 5.76 Å². The summed E-state index contributed by atoms with van der Waals surface area (Å²) in [6.07, 6.45) is 0. The van der Waals surface area contributed by atoms with Gasteiger partial charge in [0.2, 0.25) is 5.76 Å². The first-order valence-electron chi connectivity index (χ1n) is 6.93. The van der Waals surface area contributed by atoms with Gasteiger partial charge in [-0.15, -0.1) is 0 Å². The summed E-state index contributed by atoms with van der Waals surface area (Å²) in [5.41, 5.74) is 0.718. The number of hydrogen-bond acceptors (Lipinski definition) is 6. The van der Waals surface area contributed by atoms with Crippen molar-refractivity contribution in [2.75, 3.05) is 6.61 Å². The standard InChI is InChI=1S/C15H12Cl2N2O6/c1-8(9-2-3-10(16)11(17)6-9)18-13(20)7-24-15(21)12-4-5-14(25-12)19(22)23/h2-6,8H,7H2,1H3,(H,18,20)/t8-/m1/s1. The second-order valence-corrected chi connectivity index (χ2v) is 5.75. The molecule has 1 N–H and O–H groups in total. The van der Waals surface area contributed by atoms with Gasteiger partial charge in [0.15, 0.2) is 6.61 Å². The molecule has 0 unspecified atom stereocenters. The molecule has 0 aliphatic heterocycles. The van der Waals surface area contributed by atoms with Crippen LogP contribution in [-0.2, 0) is 9.53 Å². The van der Waals surface area contributed by atoms with E-state index in [0.717, 1.165) is 17.7 Å². The number of rotatable bonds is 6. The molecule has 1 aromatic heterocycles. The average molecular weight is 387 g/mol. The number of esters is 1. The molecule has 2 aromatic rings. The molecule has 0 bridgehead atoms. The molecule has 0 saturated carbocycles. The van der Waals surface area contributed by atoms with Crippen molar-refractivity contribution >= 4 is 41.0 Å². The van der Waals surface area contributed by atoms with Gasteiger partial charge in [0.25, 0.3) is 5.91 Å². The fourth-order valence-corrected chi connectivity index (χ4v) is 2.19. The first-order chi connectivity index (χ1) is 11.8. The number of ether oxygens (including phenoxy) is 1. The maximum absolute atomic E-state index is 11.8. The van der Waals surface area contributed by atoms with Gasteiger partial charge in [-0.1, -0.05) is 29.3 Å². The Morgan fingerprint density at radius 2 is 2.00 bits per heavy atom. The summed E-state index contributed by atoms with van der Waals surface area (Å²) < 4.78 is 9.43. The smallest absolute Gasteiger partial charge is 0.433 e. The van der Waals surface area contributed by atoms with Crippen molar-refractivity contribution < 1.29 is 23.7 Å². The lowest BCUT2D eigenvalue weighted by Gasteiger charge is -2.15. The summed E-state index contributed by atoms with van der Waals surface area (Å²) in [7, 11) is 0. The molecule has 0 radical (unpaired) electrons. The number of furan rings is 1. The Labute approximate surface area is 151 Å². The molecule has 1 atom stereocenters. The van der Waals surface area contributed by atoms with Gasteiger partial charge < -0.3 is 14.5 Å². The van der Waals surface area contributed by atoms with Crippen LogP contribution in [0.5, 0.6) is 0 Å². The zero-order valence-corrected chi connectivity index (χ0v) is 14.3. The van der Waals surface area contributed by atoms with Crippen molar-refractivity contribution in [3.05, 3.63) is 61.8 Å². The van der Waals surface area contributed by atoms with Crippen LogP contribution in [0.1, 0.15) is 29.1 Å². The summed E-state index contributed by atoms with van der Waals surface area (Å²) in [4.78, 5) is 33.2. The van der Waals surface area contributed by atoms with Crippen LogP contribution in [0.4, 0.5) is 5.88 Å². The van der Waals surface area contributed by atoms with Crippen molar-refractivity contribution in [1.29, 1.82) is 0 Å². The Kier molecular flexibility index (Phi) is 6.00. The Morgan fingerprint density at radius 3 is 2.60 bits per heavy atom. The van der Waals surface area contributed by atoms with E-state index >= 15 is 0 Å². The molecular weight excluding hydrogens is 375 g/mol. The zero-order chi connectivity index (χ0) is 18.6. The van der Waals surface area contributed by atoms with Gasteiger partial charge in [0.05, 0.1) is 22.2 Å². The number of benzene rings is 1. The van der Waals surface area contributed by atoms with Crippen molar-refractivity contribution in [2.45, 2.75) is 13.0 Å². The van der Waals surface area contributed by atoms with Gasteiger partial charge in [0, 0.05) is 0 Å². The highest BCUT2D eigenvalue weighted by molar-refractivity contribution is 6.42. The van der Waals surface area contributed by atoms with Gasteiger partial charge in [-0.05, 0) is 30.7 Å². The summed E-state index contributed by atoms with van der Waals surface area (Å²) in [6, 6.07) is 6.63. The van der Waals surface area contributed by atoms with Crippen molar-refractivity contribution in [2.24, 2.45) is 0 Å². The van der Waals surface area contributed by atoms with E-state index in [1.165, 1.54) is 0 Å². The van der Waals surface area contributed by atoms with E-state index in [9.17, 15) is 19.7 Å². The molecule has 2 rings (SSSR count). The van der Waals surface area contributed by atoms with E-state index in [0.29, 0.717) is 10.0 Å². The van der Waals surface area contributed by atoms with Crippen LogP contribution in [0.3, 0.4) is 0 Å². The van der Waals surface area contributed by atoms with Gasteiger partial charge in [0.1, 0.15) is 4.92 Å². The minimum atomic E-state index is -0.981. The molecule has 0 fully saturated rings. The zero-order valence-electron chi connectivity index (χ0n) is 12.8. The van der Waals surface area contributed by atoms with Gasteiger partial charge in [-0.3, -0.25) is 14.9 Å². The first kappa shape index (κ1) is 18.8. The van der Waals surface area contributed by atoms with E-state index in [2.05, 4.69) is 9.73 Å². The number of carbonyl (C=O) groups excluding carboxylic acids is 2. The quantitative estimate of drug-likeness (QED) is 0.461. The van der Waals surface area contributed by atoms with Crippen LogP contribution in [0.15, 0.2) is 34.7 Å². The third kappa shape index (κ3) is 4.94. The third-order valence-corrected chi connectivity index (χ3v) is 3.87. The van der Waals surface area contributed by atoms with Crippen molar-refractivity contribution in [1.82, 2.24) is 5.32 Å². The molecule has 0 aliphatic rings. The Balaban J connectivity index is 1.87. The first-order valence-corrected chi connectivity index (χ1v) is 7.69. The van der Waals surface area contributed by atoms with Gasteiger partial charge in [-0.2, -0.15) is 0 Å². The molecule has 1 amide bonds. The molecule has 1 aromatic carbocycles. The fraction of sp³-hybridized carbons (Fsp3) is 0.200. The fourth-order valence-electron chi connectivity index (χ4n) is 1.89. The minimum Gasteiger partial charge on any atom is -0.450 e. The number of amides is 1. The molecule has 0 aliphatic carbocycles. The lowest BCUT2D eigenvalue weighted by Crippen LogP contribution is -2.31. The third-order valence-electron chi connectivity index (χ3n) is 3.13. The molecule has 0 saturated heterocycles. The second kappa shape index (κ2) is 8.00. The highest BCUT2D eigenvalue weighted by Crippen LogP contribution is 2.25. The average Bonchev–Trinajstić information content (AvgIpc) is 3.05. The molecule has 8 nitrogen and oxygen atoms in total. The highest BCUT2D eigenvalue weighted by Gasteiger charge is 2.20. The summed E-state index contributed by atoms with van der Waals surface area (Å²) >= 11 is 11.7. The predicted octanol–water partition coefficient (Wildman–Crippen LogP) is 3.53. The van der Waals surface area contributed by atoms with E-state index in [4.69, 9.17) is 27.9 Å². The van der Waals surface area contributed by atoms with E-state index in [1.807, 2.05) is 0 Å². The molecule has 1 heterocycles. The molecule has 10 heteroatoms. The largest absolute Gasteiger partial charge is 0.450 e. The Bertz CT molecular complexity index is 820. The number of hydrogen-bond donors (Lipinski definition) is 1. The van der Waals surface area contributed by atoms with Crippen LogP contribution >= 0.6 is 23.2 Å². The molecule has 0 spiro atoms. The topological polar surface area (TPSA) is 112 Å². The maximum atomic E-state index is 11.8. The second-order valence-electron chi connectivity index (χ2n) is 4.93. The minimum absolute atomic E-state index is 0.353. The van der Waals surface area contributed by atoms with Crippen LogP contribution in [-0.4, -0.2) is 23.4 Å². The summed E-state index contributed by atoms with van der Waals surface area (Å²) in [6.45, 7) is 1.15. The number of halogens is 2. The number of carbonyl (C=O) groups is 2.